The van der Waals surface area contributed by atoms with E-state index in [0.29, 0.717) is 0 Å². The predicted molar refractivity (Wildman–Crippen MR) is 172 cm³/mol. The Kier molecular flexibility index (Phi) is 4.94. The molecule has 0 saturated carbocycles. The van der Waals surface area contributed by atoms with E-state index < -0.39 is 0 Å². The Morgan fingerprint density at radius 1 is 0.829 bits per heavy atom. The number of thiophene rings is 1. The molecular formula is C36H34BNO2S. The van der Waals surface area contributed by atoms with Crippen LogP contribution in [0.15, 0.2) is 66.9 Å². The second-order valence-electron chi connectivity index (χ2n) is 14.3. The van der Waals surface area contributed by atoms with E-state index in [2.05, 4.69) is 103 Å². The van der Waals surface area contributed by atoms with Crippen molar-refractivity contribution in [2.24, 2.45) is 0 Å². The van der Waals surface area contributed by atoms with Gasteiger partial charge in [-0.25, -0.2) is 0 Å². The minimum absolute atomic E-state index is 0.0377. The van der Waals surface area contributed by atoms with Crippen LogP contribution in [0.5, 0.6) is 23.0 Å². The summed E-state index contributed by atoms with van der Waals surface area (Å²) in [4.78, 5) is 4.94. The van der Waals surface area contributed by atoms with E-state index in [1.54, 1.807) is 0 Å². The number of aromatic nitrogens is 1. The van der Waals surface area contributed by atoms with Crippen molar-refractivity contribution >= 4 is 43.8 Å². The number of rotatable bonds is 1. The van der Waals surface area contributed by atoms with Crippen molar-refractivity contribution in [3.05, 3.63) is 83.6 Å². The van der Waals surface area contributed by atoms with Crippen molar-refractivity contribution in [3.8, 4) is 34.3 Å². The number of pyridine rings is 1. The zero-order chi connectivity index (χ0) is 28.5. The lowest BCUT2D eigenvalue weighted by atomic mass is 9.37. The summed E-state index contributed by atoms with van der Waals surface area (Å²) < 4.78 is 15.9. The van der Waals surface area contributed by atoms with Crippen LogP contribution < -0.4 is 25.2 Å². The third-order valence-corrected chi connectivity index (χ3v) is 10.6. The number of benzene rings is 3. The highest BCUT2D eigenvalue weighted by Gasteiger charge is 2.44. The zero-order valence-electron chi connectivity index (χ0n) is 24.8. The van der Waals surface area contributed by atoms with Gasteiger partial charge in [0, 0.05) is 32.1 Å². The van der Waals surface area contributed by atoms with Gasteiger partial charge >= 0.3 is 0 Å². The van der Waals surface area contributed by atoms with Crippen LogP contribution >= 0.6 is 11.3 Å². The van der Waals surface area contributed by atoms with Gasteiger partial charge in [-0.1, -0.05) is 72.7 Å². The van der Waals surface area contributed by atoms with Gasteiger partial charge in [0.15, 0.2) is 0 Å². The Morgan fingerprint density at radius 2 is 1.56 bits per heavy atom. The molecule has 0 unspecified atom stereocenters. The predicted octanol–water partition coefficient (Wildman–Crippen LogP) is 7.95. The van der Waals surface area contributed by atoms with Gasteiger partial charge in [-0.3, -0.25) is 4.98 Å². The fourth-order valence-electron chi connectivity index (χ4n) is 7.63. The van der Waals surface area contributed by atoms with E-state index in [1.165, 1.54) is 31.6 Å². The van der Waals surface area contributed by atoms with E-state index in [9.17, 15) is 0 Å². The smallest absolute Gasteiger partial charge is 0.273 e. The minimum atomic E-state index is 0.0377. The maximum absolute atomic E-state index is 6.74. The highest BCUT2D eigenvalue weighted by atomic mass is 32.1. The summed E-state index contributed by atoms with van der Waals surface area (Å²) in [6.45, 7) is 16.3. The van der Waals surface area contributed by atoms with Crippen LogP contribution in [0, 0.1) is 0 Å². The molecular weight excluding hydrogens is 521 g/mol. The highest BCUT2D eigenvalue weighted by Crippen LogP contribution is 2.51. The summed E-state index contributed by atoms with van der Waals surface area (Å²) in [5.41, 5.74) is 8.82. The van der Waals surface area contributed by atoms with Gasteiger partial charge in [0.25, 0.3) is 6.71 Å². The molecule has 5 aromatic rings. The van der Waals surface area contributed by atoms with Crippen LogP contribution in [-0.4, -0.2) is 11.7 Å². The fraction of sp³-hybridized carbons (Fsp3) is 0.306. The molecule has 5 heteroatoms. The lowest BCUT2D eigenvalue weighted by molar-refractivity contribution is 0.403. The van der Waals surface area contributed by atoms with E-state index in [1.807, 2.05) is 23.6 Å². The first-order valence-corrected chi connectivity index (χ1v) is 15.4. The molecule has 2 aliphatic heterocycles. The minimum Gasteiger partial charge on any atom is -0.457 e. The van der Waals surface area contributed by atoms with Gasteiger partial charge in [-0.05, 0) is 81.2 Å². The summed E-state index contributed by atoms with van der Waals surface area (Å²) in [5.74, 6) is 3.58. The van der Waals surface area contributed by atoms with Crippen molar-refractivity contribution in [2.75, 3.05) is 0 Å². The molecule has 0 bridgehead atoms. The summed E-state index contributed by atoms with van der Waals surface area (Å²) in [7, 11) is 0. The van der Waals surface area contributed by atoms with Crippen molar-refractivity contribution < 1.29 is 9.47 Å². The standard InChI is InChI=1S/C36H34BNO2S/c1-34(2,3)21-12-14-28-22(18-21)31-33(41-28)37-25-15-16-38-30(32(25)40-27-10-8-9-26(39-31)29(27)37)20-11-13-23-24(17-20)36(6,7)19-35(23,4)5/h8-18H,19H2,1-7H3. The topological polar surface area (TPSA) is 31.4 Å². The lowest BCUT2D eigenvalue weighted by Crippen LogP contribution is -2.56. The number of hydrogen-bond acceptors (Lipinski definition) is 4. The van der Waals surface area contributed by atoms with Gasteiger partial charge in [-0.2, -0.15) is 0 Å². The molecule has 3 nitrogen and oxygen atoms in total. The first-order chi connectivity index (χ1) is 19.4. The molecule has 0 spiro atoms. The summed E-state index contributed by atoms with van der Waals surface area (Å²) in [6.07, 6.45) is 3.09. The molecule has 0 radical (unpaired) electrons. The Morgan fingerprint density at radius 3 is 2.32 bits per heavy atom. The van der Waals surface area contributed by atoms with E-state index in [4.69, 9.17) is 14.5 Å². The molecule has 4 heterocycles. The first kappa shape index (κ1) is 25.2. The van der Waals surface area contributed by atoms with Crippen LogP contribution in [0.3, 0.4) is 0 Å². The SMILES string of the molecule is CC(C)(C)c1ccc2sc3c(c2c1)Oc1cccc2c1B3c1ccnc(-c3ccc4c(c3)C(C)(C)CC4(C)C)c1O2. The maximum Gasteiger partial charge on any atom is 0.273 e. The molecule has 41 heavy (non-hydrogen) atoms. The van der Waals surface area contributed by atoms with Crippen molar-refractivity contribution in [3.63, 3.8) is 0 Å². The molecule has 3 aliphatic rings. The highest BCUT2D eigenvalue weighted by molar-refractivity contribution is 7.33. The molecule has 0 fully saturated rings. The third-order valence-electron chi connectivity index (χ3n) is 9.42. The van der Waals surface area contributed by atoms with Crippen LogP contribution in [-0.2, 0) is 16.2 Å². The van der Waals surface area contributed by atoms with Gasteiger partial charge in [-0.15, -0.1) is 11.3 Å². The quantitative estimate of drug-likeness (QED) is 0.193. The average Bonchev–Trinajstić information content (AvgIpc) is 3.37. The van der Waals surface area contributed by atoms with Gasteiger partial charge in [0.1, 0.15) is 28.7 Å². The van der Waals surface area contributed by atoms with Crippen LogP contribution in [0.1, 0.15) is 71.6 Å². The van der Waals surface area contributed by atoms with Gasteiger partial charge < -0.3 is 9.47 Å². The van der Waals surface area contributed by atoms with Gasteiger partial charge in [0.05, 0.1) is 0 Å². The average molecular weight is 556 g/mol. The van der Waals surface area contributed by atoms with Crippen molar-refractivity contribution in [2.45, 2.75) is 71.1 Å². The zero-order valence-corrected chi connectivity index (χ0v) is 25.6. The maximum atomic E-state index is 6.74. The number of hydrogen-bond donors (Lipinski definition) is 0. The molecule has 0 amide bonds. The first-order valence-electron chi connectivity index (χ1n) is 14.6. The molecule has 8 rings (SSSR count). The monoisotopic (exact) mass is 555 g/mol. The van der Waals surface area contributed by atoms with Crippen LogP contribution in [0.2, 0.25) is 0 Å². The molecule has 1 aliphatic carbocycles. The molecule has 204 valence electrons. The van der Waals surface area contributed by atoms with E-state index >= 15 is 0 Å². The van der Waals surface area contributed by atoms with Crippen molar-refractivity contribution in [1.29, 1.82) is 0 Å². The molecule has 3 aromatic carbocycles. The normalized spacial score (nSPS) is 17.3. The van der Waals surface area contributed by atoms with E-state index in [-0.39, 0.29) is 23.0 Å². The summed E-state index contributed by atoms with van der Waals surface area (Å²) in [6, 6.07) is 22.1. The fourth-order valence-corrected chi connectivity index (χ4v) is 8.87. The second kappa shape index (κ2) is 8.04. The Bertz CT molecular complexity index is 1930. The largest absolute Gasteiger partial charge is 0.457 e. The molecule has 0 atom stereocenters. The van der Waals surface area contributed by atoms with Crippen LogP contribution in [0.4, 0.5) is 0 Å². The lowest BCUT2D eigenvalue weighted by Gasteiger charge is -2.32. The number of nitrogens with zero attached hydrogens (tertiary/aromatic N) is 1. The summed E-state index contributed by atoms with van der Waals surface area (Å²) in [5, 5.41) is 1.19. The molecule has 0 saturated heterocycles. The Hall–Kier alpha value is -3.57. The molecule has 2 aromatic heterocycles. The molecule has 0 N–H and O–H groups in total. The number of ether oxygens (including phenoxy) is 2. The second-order valence-corrected chi connectivity index (χ2v) is 15.4. The van der Waals surface area contributed by atoms with Gasteiger partial charge in [0.2, 0.25) is 0 Å². The Labute approximate surface area is 246 Å². The van der Waals surface area contributed by atoms with Crippen LogP contribution in [0.25, 0.3) is 21.3 Å². The third kappa shape index (κ3) is 3.54. The van der Waals surface area contributed by atoms with E-state index in [0.717, 1.165) is 51.6 Å². The Balaban J connectivity index is 1.34. The number of fused-ring (bicyclic) bond motifs is 7. The summed E-state index contributed by atoms with van der Waals surface area (Å²) >= 11 is 1.84. The van der Waals surface area contributed by atoms with Crippen molar-refractivity contribution in [1.82, 2.24) is 4.98 Å².